The van der Waals surface area contributed by atoms with Crippen molar-refractivity contribution in [3.05, 3.63) is 56.2 Å². The van der Waals surface area contributed by atoms with E-state index in [-0.39, 0.29) is 6.04 Å². The van der Waals surface area contributed by atoms with E-state index in [1.807, 2.05) is 18.5 Å². The molecule has 0 fully saturated rings. The minimum atomic E-state index is -0.547. The number of likely N-dealkylation sites (N-methyl/N-ethyl adjacent to an activating group) is 1. The zero-order chi connectivity index (χ0) is 13.1. The summed E-state index contributed by atoms with van der Waals surface area (Å²) in [7, 11) is 1.83. The summed E-state index contributed by atoms with van der Waals surface area (Å²) in [4.78, 5) is 1.11. The third kappa shape index (κ3) is 2.96. The van der Waals surface area contributed by atoms with Crippen LogP contribution in [0.15, 0.2) is 34.1 Å². The molecule has 0 aliphatic heterocycles. The fourth-order valence-corrected chi connectivity index (χ4v) is 3.55. The van der Waals surface area contributed by atoms with Gasteiger partial charge >= 0.3 is 0 Å². The van der Waals surface area contributed by atoms with Crippen LogP contribution in [0.3, 0.4) is 0 Å². The number of rotatable bonds is 4. The van der Waals surface area contributed by atoms with Gasteiger partial charge in [-0.25, -0.2) is 8.78 Å². The molecular weight excluding hydrogens is 320 g/mol. The Bertz CT molecular complexity index is 542. The fourth-order valence-electron chi connectivity index (χ4n) is 1.79. The summed E-state index contributed by atoms with van der Waals surface area (Å²) < 4.78 is 27.5. The van der Waals surface area contributed by atoms with Crippen molar-refractivity contribution in [2.75, 3.05) is 7.05 Å². The van der Waals surface area contributed by atoms with Gasteiger partial charge in [-0.1, -0.05) is 6.07 Å². The smallest absolute Gasteiger partial charge is 0.129 e. The zero-order valence-corrected chi connectivity index (χ0v) is 12.1. The Morgan fingerprint density at radius 1 is 1.33 bits per heavy atom. The highest BCUT2D eigenvalue weighted by Gasteiger charge is 2.16. The van der Waals surface area contributed by atoms with Gasteiger partial charge in [0.25, 0.3) is 0 Å². The molecule has 18 heavy (non-hydrogen) atoms. The highest BCUT2D eigenvalue weighted by atomic mass is 79.9. The molecule has 1 N–H and O–H groups in total. The third-order valence-corrected chi connectivity index (χ3v) is 4.73. The van der Waals surface area contributed by atoms with Crippen molar-refractivity contribution >= 4 is 27.3 Å². The Balaban J connectivity index is 2.23. The minimum Gasteiger partial charge on any atom is -0.312 e. The van der Waals surface area contributed by atoms with Crippen LogP contribution in [-0.4, -0.2) is 7.05 Å². The van der Waals surface area contributed by atoms with Crippen molar-refractivity contribution in [1.29, 1.82) is 0 Å². The summed E-state index contributed by atoms with van der Waals surface area (Å²) >= 11 is 5.07. The normalized spacial score (nSPS) is 12.7. The Labute approximate surface area is 117 Å². The second kappa shape index (κ2) is 5.91. The van der Waals surface area contributed by atoms with Gasteiger partial charge in [0.05, 0.1) is 0 Å². The molecule has 2 aromatic rings. The summed E-state index contributed by atoms with van der Waals surface area (Å²) in [6.07, 6.45) is 0.488. The number of nitrogens with one attached hydrogen (secondary N) is 1. The monoisotopic (exact) mass is 331 g/mol. The lowest BCUT2D eigenvalue weighted by Gasteiger charge is -2.16. The number of halogens is 3. The SMILES string of the molecule is CNC(Cc1ccc(F)cc1F)c1sccc1Br. The molecule has 1 unspecified atom stereocenters. The molecule has 0 spiro atoms. The van der Waals surface area contributed by atoms with E-state index >= 15 is 0 Å². The van der Waals surface area contributed by atoms with Crippen LogP contribution in [0.2, 0.25) is 0 Å². The lowest BCUT2D eigenvalue weighted by Crippen LogP contribution is -2.18. The van der Waals surface area contributed by atoms with Crippen LogP contribution < -0.4 is 5.32 Å². The fraction of sp³-hybridized carbons (Fsp3) is 0.231. The van der Waals surface area contributed by atoms with Crippen LogP contribution in [0.1, 0.15) is 16.5 Å². The van der Waals surface area contributed by atoms with Gasteiger partial charge in [-0.05, 0) is 52.5 Å². The molecule has 0 amide bonds. The van der Waals surface area contributed by atoms with Crippen LogP contribution in [-0.2, 0) is 6.42 Å². The molecule has 0 bridgehead atoms. The summed E-state index contributed by atoms with van der Waals surface area (Å²) in [6.45, 7) is 0. The quantitative estimate of drug-likeness (QED) is 0.881. The molecule has 0 saturated heterocycles. The third-order valence-electron chi connectivity index (χ3n) is 2.75. The molecule has 1 aromatic carbocycles. The second-order valence-corrected chi connectivity index (χ2v) is 5.72. The van der Waals surface area contributed by atoms with Crippen LogP contribution in [0.4, 0.5) is 8.78 Å². The van der Waals surface area contributed by atoms with E-state index in [0.717, 1.165) is 15.4 Å². The molecule has 1 aromatic heterocycles. The Kier molecular flexibility index (Phi) is 4.48. The van der Waals surface area contributed by atoms with Crippen molar-refractivity contribution < 1.29 is 8.78 Å². The van der Waals surface area contributed by atoms with Crippen molar-refractivity contribution in [3.8, 4) is 0 Å². The summed E-state index contributed by atoms with van der Waals surface area (Å²) in [6, 6.07) is 5.68. The van der Waals surface area contributed by atoms with Gasteiger partial charge in [-0.15, -0.1) is 11.3 Å². The number of thiophene rings is 1. The molecule has 0 aliphatic rings. The highest BCUT2D eigenvalue weighted by Crippen LogP contribution is 2.31. The topological polar surface area (TPSA) is 12.0 Å². The van der Waals surface area contributed by atoms with Crippen molar-refractivity contribution in [2.45, 2.75) is 12.5 Å². The first kappa shape index (κ1) is 13.6. The van der Waals surface area contributed by atoms with E-state index < -0.39 is 11.6 Å². The molecule has 2 rings (SSSR count). The van der Waals surface area contributed by atoms with E-state index in [1.54, 1.807) is 11.3 Å². The van der Waals surface area contributed by atoms with Crippen LogP contribution in [0, 0.1) is 11.6 Å². The Morgan fingerprint density at radius 2 is 2.11 bits per heavy atom. The largest absolute Gasteiger partial charge is 0.312 e. The van der Waals surface area contributed by atoms with Gasteiger partial charge in [0.2, 0.25) is 0 Å². The number of hydrogen-bond donors (Lipinski definition) is 1. The average Bonchev–Trinajstić information content (AvgIpc) is 2.75. The van der Waals surface area contributed by atoms with Crippen LogP contribution in [0.25, 0.3) is 0 Å². The van der Waals surface area contributed by atoms with E-state index in [1.165, 1.54) is 12.1 Å². The second-order valence-electron chi connectivity index (χ2n) is 3.91. The van der Waals surface area contributed by atoms with Crippen molar-refractivity contribution in [1.82, 2.24) is 5.32 Å². The molecular formula is C13H12BrF2NS. The molecule has 96 valence electrons. The first-order valence-corrected chi connectivity index (χ1v) is 7.13. The van der Waals surface area contributed by atoms with E-state index in [4.69, 9.17) is 0 Å². The van der Waals surface area contributed by atoms with Crippen molar-refractivity contribution in [3.63, 3.8) is 0 Å². The summed E-state index contributed by atoms with van der Waals surface area (Å²) in [5, 5.41) is 5.13. The molecule has 1 nitrogen and oxygen atoms in total. The van der Waals surface area contributed by atoms with Gasteiger partial charge in [-0.2, -0.15) is 0 Å². The van der Waals surface area contributed by atoms with E-state index in [2.05, 4.69) is 21.2 Å². The highest BCUT2D eigenvalue weighted by molar-refractivity contribution is 9.10. The lowest BCUT2D eigenvalue weighted by atomic mass is 10.0. The first-order valence-electron chi connectivity index (χ1n) is 5.46. The molecule has 0 aliphatic carbocycles. The van der Waals surface area contributed by atoms with Gasteiger partial charge in [0.1, 0.15) is 11.6 Å². The predicted octanol–water partition coefficient (Wildman–Crippen LogP) is 4.29. The standard InChI is InChI=1S/C13H12BrF2NS/c1-17-12(13-10(14)4-5-18-13)6-8-2-3-9(15)7-11(8)16/h2-5,7,12,17H,6H2,1H3. The minimum absolute atomic E-state index is 0.0133. The number of hydrogen-bond acceptors (Lipinski definition) is 2. The van der Waals surface area contributed by atoms with Gasteiger partial charge < -0.3 is 5.32 Å². The van der Waals surface area contributed by atoms with Gasteiger partial charge in [0, 0.05) is 21.5 Å². The van der Waals surface area contributed by atoms with E-state index in [9.17, 15) is 8.78 Å². The molecule has 0 saturated carbocycles. The van der Waals surface area contributed by atoms with E-state index in [0.29, 0.717) is 12.0 Å². The van der Waals surface area contributed by atoms with Gasteiger partial charge in [0.15, 0.2) is 0 Å². The van der Waals surface area contributed by atoms with Crippen LogP contribution in [0.5, 0.6) is 0 Å². The first-order chi connectivity index (χ1) is 8.61. The maximum Gasteiger partial charge on any atom is 0.129 e. The maximum absolute atomic E-state index is 13.6. The molecule has 1 atom stereocenters. The molecule has 5 heteroatoms. The van der Waals surface area contributed by atoms with Crippen molar-refractivity contribution in [2.24, 2.45) is 0 Å². The Morgan fingerprint density at radius 3 is 2.67 bits per heavy atom. The summed E-state index contributed by atoms with van der Waals surface area (Å²) in [5.41, 5.74) is 0.510. The Hall–Kier alpha value is -0.780. The lowest BCUT2D eigenvalue weighted by molar-refractivity contribution is 0.544. The molecule has 0 radical (unpaired) electrons. The molecule has 1 heterocycles. The summed E-state index contributed by atoms with van der Waals surface area (Å²) in [5.74, 6) is -1.04. The zero-order valence-electron chi connectivity index (χ0n) is 9.71. The van der Waals surface area contributed by atoms with Crippen LogP contribution >= 0.6 is 27.3 Å². The maximum atomic E-state index is 13.6. The average molecular weight is 332 g/mol. The van der Waals surface area contributed by atoms with Gasteiger partial charge in [-0.3, -0.25) is 0 Å². The predicted molar refractivity (Wildman–Crippen MR) is 73.9 cm³/mol. The number of benzene rings is 1.